The van der Waals surface area contributed by atoms with E-state index in [1.807, 2.05) is 0 Å². The number of benzene rings is 1. The second-order valence-corrected chi connectivity index (χ2v) is 4.42. The van der Waals surface area contributed by atoms with E-state index in [9.17, 15) is 19.1 Å². The molecule has 2 rings (SSSR count). The van der Waals surface area contributed by atoms with Crippen LogP contribution in [0.15, 0.2) is 24.3 Å². The zero-order chi connectivity index (χ0) is 14.5. The van der Waals surface area contributed by atoms with Gasteiger partial charge in [-0.05, 0) is 6.07 Å². The Morgan fingerprint density at radius 3 is 2.80 bits per heavy atom. The number of hydrogen-bond acceptors (Lipinski definition) is 4. The van der Waals surface area contributed by atoms with Crippen LogP contribution in [0.2, 0.25) is 0 Å². The highest BCUT2D eigenvalue weighted by Gasteiger charge is 2.30. The molecule has 1 atom stereocenters. The van der Waals surface area contributed by atoms with Gasteiger partial charge in [0.05, 0.1) is 32.4 Å². The van der Waals surface area contributed by atoms with Gasteiger partial charge in [-0.3, -0.25) is 9.69 Å². The first-order valence-electron chi connectivity index (χ1n) is 6.15. The lowest BCUT2D eigenvalue weighted by Crippen LogP contribution is -2.39. The molecule has 1 aliphatic heterocycles. The molecular weight excluding hydrogens is 267 g/mol. The van der Waals surface area contributed by atoms with E-state index in [0.717, 1.165) is 4.90 Å². The smallest absolute Gasteiger partial charge is 0.324 e. The van der Waals surface area contributed by atoms with Gasteiger partial charge in [-0.15, -0.1) is 0 Å². The normalized spacial score (nSPS) is 16.4. The van der Waals surface area contributed by atoms with Crippen LogP contribution in [0.5, 0.6) is 0 Å². The van der Waals surface area contributed by atoms with Crippen molar-refractivity contribution in [3.63, 3.8) is 0 Å². The Bertz CT molecular complexity index is 493. The molecule has 108 valence electrons. The Hall–Kier alpha value is -1.99. The minimum Gasteiger partial charge on any atom is -0.389 e. The van der Waals surface area contributed by atoms with Crippen LogP contribution in [0.3, 0.4) is 0 Å². The predicted octanol–water partition coefficient (Wildman–Crippen LogP) is 0.255. The number of hydrogen-bond donors (Lipinski definition) is 2. The second kappa shape index (κ2) is 6.44. The van der Waals surface area contributed by atoms with E-state index in [1.165, 1.54) is 6.07 Å². The maximum absolute atomic E-state index is 13.3. The highest BCUT2D eigenvalue weighted by atomic mass is 19.1. The first-order valence-corrected chi connectivity index (χ1v) is 6.15. The Morgan fingerprint density at radius 2 is 2.15 bits per heavy atom. The standard InChI is InChI=1S/C13H15FN2O4/c14-11-4-2-1-3-9(11)7-20-8-10(17)6-16-12(18)5-15-13(16)19/h1-4,10,17H,5-8H2,(H,15,19). The summed E-state index contributed by atoms with van der Waals surface area (Å²) in [5, 5.41) is 12.0. The molecule has 1 heterocycles. The van der Waals surface area contributed by atoms with E-state index in [2.05, 4.69) is 5.32 Å². The molecule has 1 saturated heterocycles. The van der Waals surface area contributed by atoms with Gasteiger partial charge in [0.15, 0.2) is 0 Å². The number of aliphatic hydroxyl groups is 1. The van der Waals surface area contributed by atoms with Crippen LogP contribution in [0.1, 0.15) is 5.56 Å². The van der Waals surface area contributed by atoms with Crippen molar-refractivity contribution < 1.29 is 23.8 Å². The summed E-state index contributed by atoms with van der Waals surface area (Å²) >= 11 is 0. The number of nitrogens with zero attached hydrogens (tertiary/aromatic N) is 1. The molecule has 3 amide bonds. The lowest BCUT2D eigenvalue weighted by Gasteiger charge is -2.17. The molecule has 1 unspecified atom stereocenters. The maximum atomic E-state index is 13.3. The van der Waals surface area contributed by atoms with Gasteiger partial charge < -0.3 is 15.2 Å². The van der Waals surface area contributed by atoms with Gasteiger partial charge in [-0.2, -0.15) is 0 Å². The van der Waals surface area contributed by atoms with Crippen molar-refractivity contribution in [1.82, 2.24) is 10.2 Å². The van der Waals surface area contributed by atoms with Crippen molar-refractivity contribution in [2.45, 2.75) is 12.7 Å². The summed E-state index contributed by atoms with van der Waals surface area (Å²) in [6.45, 7) is -0.265. The van der Waals surface area contributed by atoms with E-state index < -0.39 is 12.1 Å². The molecule has 7 heteroatoms. The summed E-state index contributed by atoms with van der Waals surface area (Å²) in [6, 6.07) is 5.64. The molecule has 1 aromatic carbocycles. The summed E-state index contributed by atoms with van der Waals surface area (Å²) in [4.78, 5) is 23.5. The van der Waals surface area contributed by atoms with Crippen molar-refractivity contribution in [3.8, 4) is 0 Å². The van der Waals surface area contributed by atoms with E-state index in [-0.39, 0.29) is 38.0 Å². The Balaban J connectivity index is 1.75. The minimum absolute atomic E-state index is 0.0177. The number of urea groups is 1. The average Bonchev–Trinajstić information content (AvgIpc) is 2.73. The Kier molecular flexibility index (Phi) is 4.65. The number of ether oxygens (including phenoxy) is 1. The number of β-amino-alcohol motifs (C(OH)–C–C–N with tert-alkyl or cyclic N) is 1. The van der Waals surface area contributed by atoms with Crippen LogP contribution in [-0.4, -0.2) is 47.7 Å². The number of halogens is 1. The van der Waals surface area contributed by atoms with Gasteiger partial charge in [0.2, 0.25) is 5.91 Å². The van der Waals surface area contributed by atoms with Gasteiger partial charge in [0.1, 0.15) is 5.82 Å². The van der Waals surface area contributed by atoms with Gasteiger partial charge in [-0.1, -0.05) is 18.2 Å². The lowest BCUT2D eigenvalue weighted by atomic mass is 10.2. The number of amides is 3. The zero-order valence-corrected chi connectivity index (χ0v) is 10.7. The summed E-state index contributed by atoms with van der Waals surface area (Å²) in [6.07, 6.45) is -1.01. The third kappa shape index (κ3) is 3.52. The second-order valence-electron chi connectivity index (χ2n) is 4.42. The summed E-state index contributed by atoms with van der Waals surface area (Å²) in [5.74, 6) is -0.765. The van der Waals surface area contributed by atoms with Crippen LogP contribution in [0.4, 0.5) is 9.18 Å². The number of nitrogens with one attached hydrogen (secondary N) is 1. The fraction of sp³-hybridized carbons (Fsp3) is 0.385. The number of carbonyl (C=O) groups excluding carboxylic acids is 2. The molecule has 0 saturated carbocycles. The summed E-state index contributed by atoms with van der Waals surface area (Å²) in [7, 11) is 0. The SMILES string of the molecule is O=C1CNC(=O)N1CC(O)COCc1ccccc1F. The monoisotopic (exact) mass is 282 g/mol. The zero-order valence-electron chi connectivity index (χ0n) is 10.7. The van der Waals surface area contributed by atoms with Gasteiger partial charge in [0, 0.05) is 5.56 Å². The molecule has 6 nitrogen and oxygen atoms in total. The summed E-state index contributed by atoms with van der Waals surface area (Å²) in [5.41, 5.74) is 0.384. The van der Waals surface area contributed by atoms with Crippen LogP contribution in [0.25, 0.3) is 0 Å². The highest BCUT2D eigenvalue weighted by Crippen LogP contribution is 2.08. The maximum Gasteiger partial charge on any atom is 0.324 e. The van der Waals surface area contributed by atoms with Gasteiger partial charge in [0.25, 0.3) is 0 Å². The molecule has 1 aliphatic rings. The first kappa shape index (κ1) is 14.4. The van der Waals surface area contributed by atoms with Crippen molar-refractivity contribution in [3.05, 3.63) is 35.6 Å². The number of rotatable bonds is 6. The van der Waals surface area contributed by atoms with E-state index >= 15 is 0 Å². The van der Waals surface area contributed by atoms with Crippen molar-refractivity contribution >= 4 is 11.9 Å². The fourth-order valence-electron chi connectivity index (χ4n) is 1.82. The van der Waals surface area contributed by atoms with Crippen molar-refractivity contribution in [1.29, 1.82) is 0 Å². The topological polar surface area (TPSA) is 78.9 Å². The van der Waals surface area contributed by atoms with Gasteiger partial charge >= 0.3 is 6.03 Å². The quantitative estimate of drug-likeness (QED) is 0.733. The van der Waals surface area contributed by atoms with Crippen LogP contribution >= 0.6 is 0 Å². The molecule has 0 aliphatic carbocycles. The van der Waals surface area contributed by atoms with E-state index in [4.69, 9.17) is 4.74 Å². The molecule has 20 heavy (non-hydrogen) atoms. The third-order valence-corrected chi connectivity index (χ3v) is 2.86. The molecule has 0 aromatic heterocycles. The first-order chi connectivity index (χ1) is 9.58. The van der Waals surface area contributed by atoms with Crippen LogP contribution in [-0.2, 0) is 16.1 Å². The molecule has 0 radical (unpaired) electrons. The van der Waals surface area contributed by atoms with Gasteiger partial charge in [-0.25, -0.2) is 9.18 Å². The molecule has 1 aromatic rings. The van der Waals surface area contributed by atoms with Crippen molar-refractivity contribution in [2.75, 3.05) is 19.7 Å². The molecule has 2 N–H and O–H groups in total. The number of aliphatic hydroxyl groups excluding tert-OH is 1. The average molecular weight is 282 g/mol. The van der Waals surface area contributed by atoms with E-state index in [1.54, 1.807) is 18.2 Å². The molecule has 0 spiro atoms. The fourth-order valence-corrected chi connectivity index (χ4v) is 1.82. The molecular formula is C13H15FN2O4. The number of carbonyl (C=O) groups is 2. The summed E-state index contributed by atoms with van der Waals surface area (Å²) < 4.78 is 18.5. The largest absolute Gasteiger partial charge is 0.389 e. The van der Waals surface area contributed by atoms with Crippen molar-refractivity contribution in [2.24, 2.45) is 0 Å². The minimum atomic E-state index is -1.01. The highest BCUT2D eigenvalue weighted by molar-refractivity contribution is 6.01. The lowest BCUT2D eigenvalue weighted by molar-refractivity contribution is -0.126. The van der Waals surface area contributed by atoms with E-state index in [0.29, 0.717) is 5.56 Å². The Morgan fingerprint density at radius 1 is 1.40 bits per heavy atom. The number of imide groups is 1. The predicted molar refractivity (Wildman–Crippen MR) is 67.2 cm³/mol. The molecule has 1 fully saturated rings. The molecule has 0 bridgehead atoms. The van der Waals surface area contributed by atoms with Crippen LogP contribution < -0.4 is 5.32 Å². The van der Waals surface area contributed by atoms with Crippen LogP contribution in [0, 0.1) is 5.82 Å². The third-order valence-electron chi connectivity index (χ3n) is 2.86. The Labute approximate surface area is 115 Å².